The summed E-state index contributed by atoms with van der Waals surface area (Å²) in [5.74, 6) is 0.911. The van der Waals surface area contributed by atoms with Gasteiger partial charge in [0.15, 0.2) is 0 Å². The molecule has 0 saturated heterocycles. The van der Waals surface area contributed by atoms with Crippen LogP contribution in [0.2, 0.25) is 0 Å². The number of nitrogens with zero attached hydrogens (tertiary/aromatic N) is 3. The summed E-state index contributed by atoms with van der Waals surface area (Å²) in [5.41, 5.74) is 2.54. The van der Waals surface area contributed by atoms with Gasteiger partial charge in [0.05, 0.1) is 0 Å². The maximum atomic E-state index is 4.56. The Kier molecular flexibility index (Phi) is 5.32. The third-order valence-corrected chi connectivity index (χ3v) is 4.40. The van der Waals surface area contributed by atoms with E-state index in [4.69, 9.17) is 0 Å². The molecule has 0 amide bonds. The monoisotopic (exact) mass is 324 g/mol. The van der Waals surface area contributed by atoms with Crippen molar-refractivity contribution in [3.8, 4) is 0 Å². The number of hydrogen-bond donors (Lipinski definition) is 1. The van der Waals surface area contributed by atoms with Crippen LogP contribution >= 0.6 is 11.8 Å². The highest BCUT2D eigenvalue weighted by atomic mass is 32.2. The van der Waals surface area contributed by atoms with E-state index in [1.54, 1.807) is 11.8 Å². The number of rotatable bonds is 7. The molecule has 0 unspecified atom stereocenters. The van der Waals surface area contributed by atoms with E-state index in [1.165, 1.54) is 16.0 Å². The Morgan fingerprint density at radius 2 is 1.78 bits per heavy atom. The molecule has 4 nitrogen and oxygen atoms in total. The molecule has 1 N–H and O–H groups in total. The summed E-state index contributed by atoms with van der Waals surface area (Å²) in [6.45, 7) is 1.66. The van der Waals surface area contributed by atoms with Crippen molar-refractivity contribution in [1.29, 1.82) is 0 Å². The van der Waals surface area contributed by atoms with E-state index in [1.807, 2.05) is 41.5 Å². The molecule has 0 bridgehead atoms. The first-order valence-corrected chi connectivity index (χ1v) is 8.85. The van der Waals surface area contributed by atoms with Gasteiger partial charge < -0.3 is 5.32 Å². The lowest BCUT2D eigenvalue weighted by Gasteiger charge is -2.05. The zero-order chi connectivity index (χ0) is 15.9. The van der Waals surface area contributed by atoms with E-state index in [0.29, 0.717) is 0 Å². The normalized spacial score (nSPS) is 10.7. The maximum Gasteiger partial charge on any atom is 0.148 e. The Bertz CT molecular complexity index is 722. The molecular weight excluding hydrogens is 304 g/mol. The number of thioether (sulfide) groups is 1. The van der Waals surface area contributed by atoms with Crippen LogP contribution in [0, 0.1) is 0 Å². The van der Waals surface area contributed by atoms with Crippen molar-refractivity contribution in [3.05, 3.63) is 72.2 Å². The average molecular weight is 324 g/mol. The summed E-state index contributed by atoms with van der Waals surface area (Å²) >= 11 is 1.76. The van der Waals surface area contributed by atoms with Gasteiger partial charge >= 0.3 is 0 Å². The lowest BCUT2D eigenvalue weighted by Crippen LogP contribution is -2.04. The van der Waals surface area contributed by atoms with E-state index in [9.17, 15) is 0 Å². The van der Waals surface area contributed by atoms with Crippen molar-refractivity contribution < 1.29 is 0 Å². The van der Waals surface area contributed by atoms with Crippen molar-refractivity contribution in [1.82, 2.24) is 14.8 Å². The minimum Gasteiger partial charge on any atom is -0.365 e. The highest BCUT2D eigenvalue weighted by molar-refractivity contribution is 7.98. The van der Waals surface area contributed by atoms with Crippen LogP contribution in [-0.4, -0.2) is 21.0 Å². The molecule has 0 radical (unpaired) electrons. The molecule has 118 valence electrons. The van der Waals surface area contributed by atoms with Crippen LogP contribution in [0.15, 0.2) is 66.0 Å². The fourth-order valence-corrected chi connectivity index (χ4v) is 2.72. The molecule has 0 aliphatic heterocycles. The van der Waals surface area contributed by atoms with Gasteiger partial charge in [-0.3, -0.25) is 9.67 Å². The largest absolute Gasteiger partial charge is 0.365 e. The first kappa shape index (κ1) is 15.6. The summed E-state index contributed by atoms with van der Waals surface area (Å²) < 4.78 is 1.97. The topological polar surface area (TPSA) is 42.7 Å². The number of aryl methyl sites for hydroxylation is 2. The summed E-state index contributed by atoms with van der Waals surface area (Å²) in [6.07, 6.45) is 8.72. The van der Waals surface area contributed by atoms with E-state index < -0.39 is 0 Å². The SMILES string of the molecule is CSc1ccc(CNc2ccn(CCc3ccncc3)n2)cc1. The van der Waals surface area contributed by atoms with E-state index in [0.717, 1.165) is 25.3 Å². The molecule has 3 rings (SSSR count). The van der Waals surface area contributed by atoms with Gasteiger partial charge in [-0.1, -0.05) is 12.1 Å². The summed E-state index contributed by atoms with van der Waals surface area (Å²) in [6, 6.07) is 14.7. The molecule has 0 atom stereocenters. The predicted molar refractivity (Wildman–Crippen MR) is 95.7 cm³/mol. The number of hydrogen-bond acceptors (Lipinski definition) is 4. The quantitative estimate of drug-likeness (QED) is 0.670. The minimum absolute atomic E-state index is 0.788. The van der Waals surface area contributed by atoms with Gasteiger partial charge in [-0.25, -0.2) is 0 Å². The molecule has 3 aromatic rings. The van der Waals surface area contributed by atoms with Crippen molar-refractivity contribution in [3.63, 3.8) is 0 Å². The fourth-order valence-electron chi connectivity index (χ4n) is 2.31. The van der Waals surface area contributed by atoms with Crippen LogP contribution in [-0.2, 0) is 19.5 Å². The van der Waals surface area contributed by atoms with Gasteiger partial charge in [0.1, 0.15) is 5.82 Å². The fraction of sp³-hybridized carbons (Fsp3) is 0.222. The molecule has 0 saturated carbocycles. The summed E-state index contributed by atoms with van der Waals surface area (Å²) in [7, 11) is 0. The molecule has 0 spiro atoms. The number of aromatic nitrogens is 3. The molecule has 0 aliphatic carbocycles. The summed E-state index contributed by atoms with van der Waals surface area (Å²) in [5, 5.41) is 7.93. The Morgan fingerprint density at radius 1 is 1.00 bits per heavy atom. The second-order valence-corrected chi connectivity index (χ2v) is 6.15. The van der Waals surface area contributed by atoms with Crippen molar-refractivity contribution in [2.45, 2.75) is 24.4 Å². The van der Waals surface area contributed by atoms with E-state index in [2.05, 4.69) is 45.9 Å². The van der Waals surface area contributed by atoms with Crippen LogP contribution < -0.4 is 5.32 Å². The number of anilines is 1. The minimum atomic E-state index is 0.788. The van der Waals surface area contributed by atoms with Gasteiger partial charge in [-0.15, -0.1) is 11.8 Å². The molecule has 23 heavy (non-hydrogen) atoms. The predicted octanol–water partition coefficient (Wildman–Crippen LogP) is 3.85. The molecule has 1 aromatic carbocycles. The third kappa shape index (κ3) is 4.60. The zero-order valence-electron chi connectivity index (χ0n) is 13.1. The standard InChI is InChI=1S/C18H20N4S/c1-23-17-4-2-16(3-5-17)14-20-18-9-13-22(21-18)12-8-15-6-10-19-11-7-15/h2-7,9-11,13H,8,12,14H2,1H3,(H,20,21). The lowest BCUT2D eigenvalue weighted by atomic mass is 10.2. The lowest BCUT2D eigenvalue weighted by molar-refractivity contribution is 0.616. The van der Waals surface area contributed by atoms with Crippen LogP contribution in [0.1, 0.15) is 11.1 Å². The van der Waals surface area contributed by atoms with Crippen LogP contribution in [0.5, 0.6) is 0 Å². The molecule has 0 fully saturated rings. The Hall–Kier alpha value is -2.27. The van der Waals surface area contributed by atoms with E-state index >= 15 is 0 Å². The first-order chi connectivity index (χ1) is 11.3. The Labute approximate surface area is 141 Å². The summed E-state index contributed by atoms with van der Waals surface area (Å²) in [4.78, 5) is 5.32. The van der Waals surface area contributed by atoms with Crippen molar-refractivity contribution in [2.24, 2.45) is 0 Å². The molecular formula is C18H20N4S. The zero-order valence-corrected chi connectivity index (χ0v) is 14.0. The van der Waals surface area contributed by atoms with Gasteiger partial charge in [0.2, 0.25) is 0 Å². The van der Waals surface area contributed by atoms with Crippen LogP contribution in [0.4, 0.5) is 5.82 Å². The van der Waals surface area contributed by atoms with Crippen molar-refractivity contribution in [2.75, 3.05) is 11.6 Å². The van der Waals surface area contributed by atoms with Crippen LogP contribution in [0.25, 0.3) is 0 Å². The number of benzene rings is 1. The third-order valence-electron chi connectivity index (χ3n) is 3.65. The van der Waals surface area contributed by atoms with Gasteiger partial charge in [-0.2, -0.15) is 5.10 Å². The van der Waals surface area contributed by atoms with E-state index in [-0.39, 0.29) is 0 Å². The first-order valence-electron chi connectivity index (χ1n) is 7.62. The highest BCUT2D eigenvalue weighted by Crippen LogP contribution is 2.15. The van der Waals surface area contributed by atoms with Crippen molar-refractivity contribution >= 4 is 17.6 Å². The molecule has 0 aliphatic rings. The highest BCUT2D eigenvalue weighted by Gasteiger charge is 2.00. The van der Waals surface area contributed by atoms with Gasteiger partial charge in [0.25, 0.3) is 0 Å². The number of nitrogens with one attached hydrogen (secondary N) is 1. The van der Waals surface area contributed by atoms with Gasteiger partial charge in [-0.05, 0) is 48.1 Å². The Morgan fingerprint density at radius 3 is 2.52 bits per heavy atom. The molecule has 5 heteroatoms. The average Bonchev–Trinajstić information content (AvgIpc) is 3.07. The maximum absolute atomic E-state index is 4.56. The number of pyridine rings is 1. The smallest absolute Gasteiger partial charge is 0.148 e. The van der Waals surface area contributed by atoms with Gasteiger partial charge in [0, 0.05) is 42.6 Å². The molecule has 2 aromatic heterocycles. The second kappa shape index (κ2) is 7.83. The Balaban J connectivity index is 1.50. The molecule has 2 heterocycles. The van der Waals surface area contributed by atoms with Crippen LogP contribution in [0.3, 0.4) is 0 Å². The second-order valence-electron chi connectivity index (χ2n) is 5.27.